The van der Waals surface area contributed by atoms with Crippen molar-refractivity contribution in [1.29, 1.82) is 0 Å². The van der Waals surface area contributed by atoms with Gasteiger partial charge in [-0.2, -0.15) is 0 Å². The molecule has 0 aromatic heterocycles. The highest BCUT2D eigenvalue weighted by Gasteiger charge is 2.33. The number of nitrogens with one attached hydrogen (secondary N) is 1. The molecule has 0 aliphatic carbocycles. The van der Waals surface area contributed by atoms with E-state index in [1.807, 2.05) is 61.2 Å². The summed E-state index contributed by atoms with van der Waals surface area (Å²) in [6.45, 7) is 6.11. The van der Waals surface area contributed by atoms with Crippen molar-refractivity contribution in [2.75, 3.05) is 10.2 Å². The normalized spacial score (nSPS) is 19.8. The molecule has 2 aromatic carbocycles. The monoisotopic (exact) mass is 308 g/mol. The first-order chi connectivity index (χ1) is 11.1. The standard InChI is InChI=1S/C20H24N2O/c1-14(2)20(23)22(16-9-5-4-6-10-16)19-13-15(3)21-18-12-8-7-11-17(18)19/h4-12,14-15,19,21H,13H2,1-3H3/t15-,19+/m1/s1. The summed E-state index contributed by atoms with van der Waals surface area (Å²) in [6, 6.07) is 18.7. The van der Waals surface area contributed by atoms with E-state index < -0.39 is 0 Å². The number of carbonyl (C=O) groups is 1. The maximum atomic E-state index is 13.0. The van der Waals surface area contributed by atoms with Crippen LogP contribution in [0.1, 0.15) is 38.8 Å². The molecule has 0 spiro atoms. The molecule has 1 aliphatic heterocycles. The number of amides is 1. The third-order valence-electron chi connectivity index (χ3n) is 4.38. The molecule has 0 radical (unpaired) electrons. The first-order valence-corrected chi connectivity index (χ1v) is 8.31. The van der Waals surface area contributed by atoms with Crippen LogP contribution in [0.5, 0.6) is 0 Å². The smallest absolute Gasteiger partial charge is 0.230 e. The maximum Gasteiger partial charge on any atom is 0.230 e. The molecule has 0 unspecified atom stereocenters. The van der Waals surface area contributed by atoms with Crippen molar-refractivity contribution < 1.29 is 4.79 Å². The van der Waals surface area contributed by atoms with Crippen LogP contribution in [0, 0.1) is 5.92 Å². The average Bonchev–Trinajstić information content (AvgIpc) is 2.55. The lowest BCUT2D eigenvalue weighted by Crippen LogP contribution is -2.42. The van der Waals surface area contributed by atoms with Crippen molar-refractivity contribution in [3.05, 3.63) is 60.2 Å². The Morgan fingerprint density at radius 3 is 2.43 bits per heavy atom. The molecule has 0 fully saturated rings. The van der Waals surface area contributed by atoms with Gasteiger partial charge in [-0.1, -0.05) is 50.2 Å². The predicted octanol–water partition coefficient (Wildman–Crippen LogP) is 4.62. The Hall–Kier alpha value is -2.29. The molecule has 2 aromatic rings. The van der Waals surface area contributed by atoms with Gasteiger partial charge in [-0.05, 0) is 37.1 Å². The molecule has 0 saturated carbocycles. The van der Waals surface area contributed by atoms with Crippen LogP contribution >= 0.6 is 0 Å². The lowest BCUT2D eigenvalue weighted by atomic mass is 9.91. The number of fused-ring (bicyclic) bond motifs is 1. The van der Waals surface area contributed by atoms with Gasteiger partial charge in [-0.15, -0.1) is 0 Å². The Bertz CT molecular complexity index is 681. The minimum Gasteiger partial charge on any atom is -0.382 e. The Morgan fingerprint density at radius 2 is 1.74 bits per heavy atom. The summed E-state index contributed by atoms with van der Waals surface area (Å²) in [4.78, 5) is 15.0. The first-order valence-electron chi connectivity index (χ1n) is 8.31. The highest BCUT2D eigenvalue weighted by Crippen LogP contribution is 2.39. The molecular formula is C20H24N2O. The zero-order valence-electron chi connectivity index (χ0n) is 14.0. The molecule has 3 nitrogen and oxygen atoms in total. The van der Waals surface area contributed by atoms with Crippen LogP contribution in [-0.4, -0.2) is 11.9 Å². The molecule has 1 heterocycles. The van der Waals surface area contributed by atoms with Crippen molar-refractivity contribution >= 4 is 17.3 Å². The van der Waals surface area contributed by atoms with E-state index in [1.165, 1.54) is 5.56 Å². The number of hydrogen-bond acceptors (Lipinski definition) is 2. The Labute approximate surface area is 138 Å². The van der Waals surface area contributed by atoms with Crippen LogP contribution in [0.4, 0.5) is 11.4 Å². The van der Waals surface area contributed by atoms with E-state index in [0.717, 1.165) is 17.8 Å². The summed E-state index contributed by atoms with van der Waals surface area (Å²) in [7, 11) is 0. The molecule has 0 bridgehead atoms. The quantitative estimate of drug-likeness (QED) is 0.897. The van der Waals surface area contributed by atoms with Gasteiger partial charge in [0.2, 0.25) is 5.91 Å². The molecule has 1 N–H and O–H groups in total. The SMILES string of the molecule is CC(C)C(=O)N(c1ccccc1)[C@H]1C[C@@H](C)Nc2ccccc21. The van der Waals surface area contributed by atoms with Crippen molar-refractivity contribution in [3.63, 3.8) is 0 Å². The van der Waals surface area contributed by atoms with Crippen LogP contribution < -0.4 is 10.2 Å². The van der Waals surface area contributed by atoms with E-state index >= 15 is 0 Å². The predicted molar refractivity (Wildman–Crippen MR) is 95.7 cm³/mol. The van der Waals surface area contributed by atoms with Gasteiger partial charge in [0, 0.05) is 23.3 Å². The summed E-state index contributed by atoms with van der Waals surface area (Å²) in [5.41, 5.74) is 3.30. The van der Waals surface area contributed by atoms with Crippen molar-refractivity contribution in [3.8, 4) is 0 Å². The summed E-state index contributed by atoms with van der Waals surface area (Å²) in [5, 5.41) is 3.53. The molecular weight excluding hydrogens is 284 g/mol. The molecule has 1 aliphatic rings. The fourth-order valence-corrected chi connectivity index (χ4v) is 3.28. The van der Waals surface area contributed by atoms with Gasteiger partial charge >= 0.3 is 0 Å². The van der Waals surface area contributed by atoms with Gasteiger partial charge in [0.15, 0.2) is 0 Å². The van der Waals surface area contributed by atoms with Gasteiger partial charge in [0.1, 0.15) is 0 Å². The third kappa shape index (κ3) is 3.09. The highest BCUT2D eigenvalue weighted by atomic mass is 16.2. The third-order valence-corrected chi connectivity index (χ3v) is 4.38. The van der Waals surface area contributed by atoms with E-state index in [0.29, 0.717) is 6.04 Å². The Balaban J connectivity index is 2.08. The summed E-state index contributed by atoms with van der Waals surface area (Å²) in [5.74, 6) is 0.137. The number of anilines is 2. The highest BCUT2D eigenvalue weighted by molar-refractivity contribution is 5.95. The number of nitrogens with zero attached hydrogens (tertiary/aromatic N) is 1. The van der Waals surface area contributed by atoms with Gasteiger partial charge in [0.05, 0.1) is 6.04 Å². The average molecular weight is 308 g/mol. The Morgan fingerprint density at radius 1 is 1.09 bits per heavy atom. The second-order valence-electron chi connectivity index (χ2n) is 6.58. The zero-order valence-corrected chi connectivity index (χ0v) is 14.0. The molecule has 0 saturated heterocycles. The van der Waals surface area contributed by atoms with Crippen molar-refractivity contribution in [1.82, 2.24) is 0 Å². The summed E-state index contributed by atoms with van der Waals surface area (Å²) in [6.07, 6.45) is 0.907. The van der Waals surface area contributed by atoms with Crippen LogP contribution in [0.25, 0.3) is 0 Å². The van der Waals surface area contributed by atoms with E-state index in [4.69, 9.17) is 0 Å². The second kappa shape index (κ2) is 6.45. The van der Waals surface area contributed by atoms with Gasteiger partial charge in [0.25, 0.3) is 0 Å². The topological polar surface area (TPSA) is 32.3 Å². The second-order valence-corrected chi connectivity index (χ2v) is 6.58. The summed E-state index contributed by atoms with van der Waals surface area (Å²) < 4.78 is 0. The number of carbonyl (C=O) groups excluding carboxylic acids is 1. The fourth-order valence-electron chi connectivity index (χ4n) is 3.28. The van der Waals surface area contributed by atoms with Crippen LogP contribution in [-0.2, 0) is 4.79 Å². The van der Waals surface area contributed by atoms with E-state index in [1.54, 1.807) is 0 Å². The first kappa shape index (κ1) is 15.6. The molecule has 23 heavy (non-hydrogen) atoms. The number of para-hydroxylation sites is 2. The molecule has 1 amide bonds. The molecule has 120 valence electrons. The van der Waals surface area contributed by atoms with E-state index in [2.05, 4.69) is 24.4 Å². The lowest BCUT2D eigenvalue weighted by Gasteiger charge is -2.39. The van der Waals surface area contributed by atoms with E-state index in [9.17, 15) is 4.79 Å². The molecule has 3 rings (SSSR count). The lowest BCUT2D eigenvalue weighted by molar-refractivity contribution is -0.122. The molecule has 2 atom stereocenters. The van der Waals surface area contributed by atoms with Gasteiger partial charge in [-0.25, -0.2) is 0 Å². The number of benzene rings is 2. The van der Waals surface area contributed by atoms with Crippen molar-refractivity contribution in [2.24, 2.45) is 5.92 Å². The fraction of sp³-hybridized carbons (Fsp3) is 0.350. The van der Waals surface area contributed by atoms with Crippen LogP contribution in [0.15, 0.2) is 54.6 Å². The van der Waals surface area contributed by atoms with Crippen LogP contribution in [0.3, 0.4) is 0 Å². The minimum atomic E-state index is -0.0347. The van der Waals surface area contributed by atoms with E-state index in [-0.39, 0.29) is 17.9 Å². The van der Waals surface area contributed by atoms with Gasteiger partial charge in [-0.3, -0.25) is 4.79 Å². The minimum absolute atomic E-state index is 0.0347. The number of hydrogen-bond donors (Lipinski definition) is 1. The number of rotatable bonds is 3. The van der Waals surface area contributed by atoms with Crippen molar-refractivity contribution in [2.45, 2.75) is 39.3 Å². The maximum absolute atomic E-state index is 13.0. The van der Waals surface area contributed by atoms with Crippen LogP contribution in [0.2, 0.25) is 0 Å². The Kier molecular flexibility index (Phi) is 4.37. The van der Waals surface area contributed by atoms with Gasteiger partial charge < -0.3 is 10.2 Å². The summed E-state index contributed by atoms with van der Waals surface area (Å²) >= 11 is 0. The molecule has 3 heteroatoms. The largest absolute Gasteiger partial charge is 0.382 e. The zero-order chi connectivity index (χ0) is 16.4.